The number of halogens is 1. The molecule has 3 nitrogen and oxygen atoms in total. The Labute approximate surface area is 103 Å². The molecule has 0 aromatic rings. The summed E-state index contributed by atoms with van der Waals surface area (Å²) < 4.78 is 0. The third-order valence-corrected chi connectivity index (χ3v) is 3.76. The first-order chi connectivity index (χ1) is 7.47. The Kier molecular flexibility index (Phi) is 5.06. The smallest absolute Gasteiger partial charge is 0.237 e. The second kappa shape index (κ2) is 5.87. The highest BCUT2D eigenvalue weighted by atomic mass is 35.5. The Bertz CT molecular complexity index is 235. The van der Waals surface area contributed by atoms with Crippen molar-refractivity contribution in [2.75, 3.05) is 6.54 Å². The average Bonchev–Trinajstić information content (AvgIpc) is 2.27. The Balaban J connectivity index is 2.34. The first-order valence-electron chi connectivity index (χ1n) is 6.11. The first-order valence-corrected chi connectivity index (χ1v) is 6.54. The van der Waals surface area contributed by atoms with Crippen LogP contribution in [0.15, 0.2) is 0 Å². The zero-order chi connectivity index (χ0) is 12.2. The SMILES string of the molecule is CCC1CCC(O)(CNC(=O)C(C)Cl)CC1. The van der Waals surface area contributed by atoms with E-state index in [4.69, 9.17) is 11.6 Å². The van der Waals surface area contributed by atoms with Gasteiger partial charge in [0, 0.05) is 6.54 Å². The van der Waals surface area contributed by atoms with E-state index in [0.717, 1.165) is 31.6 Å². The number of carbonyl (C=O) groups excluding carboxylic acids is 1. The van der Waals surface area contributed by atoms with Crippen molar-refractivity contribution in [3.8, 4) is 0 Å². The third-order valence-electron chi connectivity index (χ3n) is 3.57. The van der Waals surface area contributed by atoms with Crippen molar-refractivity contribution in [1.82, 2.24) is 5.32 Å². The van der Waals surface area contributed by atoms with Crippen molar-refractivity contribution in [2.45, 2.75) is 56.9 Å². The zero-order valence-corrected chi connectivity index (χ0v) is 10.9. The van der Waals surface area contributed by atoms with Crippen LogP contribution >= 0.6 is 11.6 Å². The van der Waals surface area contributed by atoms with E-state index in [0.29, 0.717) is 6.54 Å². The summed E-state index contributed by atoms with van der Waals surface area (Å²) in [5.41, 5.74) is -0.715. The molecule has 0 aromatic carbocycles. The minimum absolute atomic E-state index is 0.201. The van der Waals surface area contributed by atoms with Crippen LogP contribution in [0.3, 0.4) is 0 Å². The van der Waals surface area contributed by atoms with E-state index in [1.54, 1.807) is 6.92 Å². The van der Waals surface area contributed by atoms with Crippen molar-refractivity contribution in [3.05, 3.63) is 0 Å². The molecule has 1 unspecified atom stereocenters. The molecule has 1 fully saturated rings. The molecular weight excluding hydrogens is 226 g/mol. The van der Waals surface area contributed by atoms with Crippen LogP contribution in [-0.4, -0.2) is 28.5 Å². The van der Waals surface area contributed by atoms with Crippen molar-refractivity contribution >= 4 is 17.5 Å². The molecule has 16 heavy (non-hydrogen) atoms. The molecule has 94 valence electrons. The number of carbonyl (C=O) groups is 1. The molecule has 1 amide bonds. The fourth-order valence-electron chi connectivity index (χ4n) is 2.19. The van der Waals surface area contributed by atoms with E-state index in [2.05, 4.69) is 12.2 Å². The highest BCUT2D eigenvalue weighted by Crippen LogP contribution is 2.33. The normalized spacial score (nSPS) is 32.1. The number of hydrogen-bond acceptors (Lipinski definition) is 2. The van der Waals surface area contributed by atoms with Gasteiger partial charge in [0.15, 0.2) is 0 Å². The summed E-state index contributed by atoms with van der Waals surface area (Å²) in [6, 6.07) is 0. The van der Waals surface area contributed by atoms with E-state index in [-0.39, 0.29) is 5.91 Å². The van der Waals surface area contributed by atoms with Crippen LogP contribution in [0.25, 0.3) is 0 Å². The molecule has 4 heteroatoms. The lowest BCUT2D eigenvalue weighted by Crippen LogP contribution is -2.46. The molecule has 0 radical (unpaired) electrons. The molecule has 0 spiro atoms. The van der Waals surface area contributed by atoms with E-state index >= 15 is 0 Å². The molecule has 0 aliphatic heterocycles. The summed E-state index contributed by atoms with van der Waals surface area (Å²) in [6.07, 6.45) is 4.85. The van der Waals surface area contributed by atoms with Crippen LogP contribution in [0.4, 0.5) is 0 Å². The molecule has 0 aromatic heterocycles. The van der Waals surface area contributed by atoms with Gasteiger partial charge in [-0.1, -0.05) is 13.3 Å². The van der Waals surface area contributed by atoms with Crippen LogP contribution in [-0.2, 0) is 4.79 Å². The Morgan fingerprint density at radius 1 is 1.56 bits per heavy atom. The fraction of sp³-hybridized carbons (Fsp3) is 0.917. The predicted octanol–water partition coefficient (Wildman–Crippen LogP) is 2.06. The number of aliphatic hydroxyl groups is 1. The van der Waals surface area contributed by atoms with E-state index in [1.165, 1.54) is 6.42 Å². The van der Waals surface area contributed by atoms with Gasteiger partial charge in [-0.25, -0.2) is 0 Å². The minimum Gasteiger partial charge on any atom is -0.388 e. The number of hydrogen-bond donors (Lipinski definition) is 2. The standard InChI is InChI=1S/C12H22ClNO2/c1-3-10-4-6-12(16,7-5-10)8-14-11(15)9(2)13/h9-10,16H,3-8H2,1-2H3,(H,14,15). The monoisotopic (exact) mass is 247 g/mol. The van der Waals surface area contributed by atoms with Crippen LogP contribution in [0.5, 0.6) is 0 Å². The zero-order valence-electron chi connectivity index (χ0n) is 10.1. The maximum absolute atomic E-state index is 11.3. The summed E-state index contributed by atoms with van der Waals surface area (Å²) >= 11 is 5.64. The number of nitrogens with one attached hydrogen (secondary N) is 1. The average molecular weight is 248 g/mol. The van der Waals surface area contributed by atoms with Gasteiger partial charge in [0.1, 0.15) is 5.38 Å². The molecule has 2 N–H and O–H groups in total. The Morgan fingerprint density at radius 3 is 2.56 bits per heavy atom. The van der Waals surface area contributed by atoms with Gasteiger partial charge >= 0.3 is 0 Å². The van der Waals surface area contributed by atoms with Crippen LogP contribution in [0, 0.1) is 5.92 Å². The quantitative estimate of drug-likeness (QED) is 0.748. The van der Waals surface area contributed by atoms with E-state index in [1.807, 2.05) is 0 Å². The minimum atomic E-state index is -0.715. The summed E-state index contributed by atoms with van der Waals surface area (Å²) in [5.74, 6) is 0.538. The topological polar surface area (TPSA) is 49.3 Å². The molecule has 1 rings (SSSR count). The molecule has 1 atom stereocenters. The van der Waals surface area contributed by atoms with Gasteiger partial charge in [-0.15, -0.1) is 11.6 Å². The number of alkyl halides is 1. The van der Waals surface area contributed by atoms with Gasteiger partial charge in [0.25, 0.3) is 0 Å². The largest absolute Gasteiger partial charge is 0.388 e. The summed E-state index contributed by atoms with van der Waals surface area (Å²) in [5, 5.41) is 12.4. The second-order valence-electron chi connectivity index (χ2n) is 4.91. The molecule has 0 saturated heterocycles. The van der Waals surface area contributed by atoms with Crippen LogP contribution in [0.2, 0.25) is 0 Å². The first kappa shape index (κ1) is 13.8. The van der Waals surface area contributed by atoms with Gasteiger partial charge in [-0.05, 0) is 38.5 Å². The molecular formula is C12H22ClNO2. The van der Waals surface area contributed by atoms with Crippen LogP contribution in [0.1, 0.15) is 46.0 Å². The van der Waals surface area contributed by atoms with E-state index < -0.39 is 11.0 Å². The maximum atomic E-state index is 11.3. The second-order valence-corrected chi connectivity index (χ2v) is 5.56. The van der Waals surface area contributed by atoms with Gasteiger partial charge in [-0.3, -0.25) is 4.79 Å². The van der Waals surface area contributed by atoms with Gasteiger partial charge in [0.2, 0.25) is 5.91 Å². The van der Waals surface area contributed by atoms with Gasteiger partial charge in [0.05, 0.1) is 5.60 Å². The lowest BCUT2D eigenvalue weighted by atomic mass is 9.78. The van der Waals surface area contributed by atoms with Crippen molar-refractivity contribution in [2.24, 2.45) is 5.92 Å². The number of rotatable bonds is 4. The lowest BCUT2D eigenvalue weighted by Gasteiger charge is -2.35. The molecule has 1 aliphatic carbocycles. The molecule has 1 saturated carbocycles. The maximum Gasteiger partial charge on any atom is 0.237 e. The van der Waals surface area contributed by atoms with Gasteiger partial charge in [-0.2, -0.15) is 0 Å². The third kappa shape index (κ3) is 3.95. The number of amides is 1. The van der Waals surface area contributed by atoms with Gasteiger partial charge < -0.3 is 10.4 Å². The molecule has 0 heterocycles. The fourth-order valence-corrected chi connectivity index (χ4v) is 2.27. The highest BCUT2D eigenvalue weighted by Gasteiger charge is 2.33. The molecule has 1 aliphatic rings. The summed E-state index contributed by atoms with van der Waals surface area (Å²) in [7, 11) is 0. The lowest BCUT2D eigenvalue weighted by molar-refractivity contribution is -0.122. The summed E-state index contributed by atoms with van der Waals surface area (Å²) in [4.78, 5) is 11.3. The van der Waals surface area contributed by atoms with Crippen molar-refractivity contribution in [3.63, 3.8) is 0 Å². The predicted molar refractivity (Wildman–Crippen MR) is 65.5 cm³/mol. The highest BCUT2D eigenvalue weighted by molar-refractivity contribution is 6.30. The Morgan fingerprint density at radius 2 is 2.12 bits per heavy atom. The Hall–Kier alpha value is -0.280. The van der Waals surface area contributed by atoms with Crippen molar-refractivity contribution < 1.29 is 9.90 Å². The summed E-state index contributed by atoms with van der Waals surface area (Å²) in [6.45, 7) is 4.15. The van der Waals surface area contributed by atoms with E-state index in [9.17, 15) is 9.90 Å². The molecule has 0 bridgehead atoms. The van der Waals surface area contributed by atoms with Crippen LogP contribution < -0.4 is 5.32 Å². The van der Waals surface area contributed by atoms with Crippen molar-refractivity contribution in [1.29, 1.82) is 0 Å².